The fourth-order valence-electron chi connectivity index (χ4n) is 1.94. The minimum Gasteiger partial charge on any atom is -0.343 e. The molecule has 0 atom stereocenters. The molecule has 0 fully saturated rings. The van der Waals surface area contributed by atoms with Gasteiger partial charge in [-0.3, -0.25) is 19.7 Å². The third-order valence-electron chi connectivity index (χ3n) is 3.25. The Morgan fingerprint density at radius 2 is 1.84 bits per heavy atom. The largest absolute Gasteiger partial charge is 0.343 e. The van der Waals surface area contributed by atoms with Crippen LogP contribution in [0.5, 0.6) is 0 Å². The van der Waals surface area contributed by atoms with Gasteiger partial charge in [-0.15, -0.1) is 0 Å². The maximum absolute atomic E-state index is 11.9. The maximum Gasteiger partial charge on any atom is 0.278 e. The first kappa shape index (κ1) is 17.8. The van der Waals surface area contributed by atoms with Crippen molar-refractivity contribution in [3.05, 3.63) is 75.3 Å². The van der Waals surface area contributed by atoms with Gasteiger partial charge in [0.25, 0.3) is 17.5 Å². The maximum atomic E-state index is 11.9. The highest BCUT2D eigenvalue weighted by Crippen LogP contribution is 2.14. The van der Waals surface area contributed by atoms with E-state index in [4.69, 9.17) is 0 Å². The van der Waals surface area contributed by atoms with Crippen molar-refractivity contribution < 1.29 is 14.5 Å². The number of hydrazone groups is 1. The Bertz CT molecular complexity index is 816. The van der Waals surface area contributed by atoms with Crippen LogP contribution < -0.4 is 10.7 Å². The van der Waals surface area contributed by atoms with Crippen molar-refractivity contribution in [2.24, 2.45) is 5.10 Å². The number of nitro benzene ring substituents is 1. The van der Waals surface area contributed by atoms with Crippen LogP contribution in [0, 0.1) is 17.0 Å². The van der Waals surface area contributed by atoms with Crippen LogP contribution in [0.25, 0.3) is 0 Å². The summed E-state index contributed by atoms with van der Waals surface area (Å²) >= 11 is 0. The number of benzene rings is 2. The molecule has 8 nitrogen and oxygen atoms in total. The summed E-state index contributed by atoms with van der Waals surface area (Å²) in [5.41, 5.74) is 3.82. The number of rotatable bonds is 6. The number of carbonyl (C=O) groups excluding carboxylic acids is 2. The van der Waals surface area contributed by atoms with E-state index in [1.165, 1.54) is 24.4 Å². The number of nitro groups is 1. The lowest BCUT2D eigenvalue weighted by Gasteiger charge is -2.04. The number of hydrogen-bond acceptors (Lipinski definition) is 5. The molecule has 8 heteroatoms. The second kappa shape index (κ2) is 8.34. The van der Waals surface area contributed by atoms with E-state index in [0.29, 0.717) is 5.56 Å². The van der Waals surface area contributed by atoms with Gasteiger partial charge in [-0.05, 0) is 25.1 Å². The zero-order chi connectivity index (χ0) is 18.2. The Labute approximate surface area is 143 Å². The van der Waals surface area contributed by atoms with Crippen LogP contribution in [0.4, 0.5) is 5.69 Å². The first-order valence-electron chi connectivity index (χ1n) is 7.37. The Morgan fingerprint density at radius 1 is 1.16 bits per heavy atom. The quantitative estimate of drug-likeness (QED) is 0.474. The van der Waals surface area contributed by atoms with Crippen molar-refractivity contribution in [3.63, 3.8) is 0 Å². The number of amides is 2. The highest BCUT2D eigenvalue weighted by Gasteiger charge is 2.10. The summed E-state index contributed by atoms with van der Waals surface area (Å²) < 4.78 is 0. The summed E-state index contributed by atoms with van der Waals surface area (Å²) in [6.07, 6.45) is 1.18. The zero-order valence-electron chi connectivity index (χ0n) is 13.4. The van der Waals surface area contributed by atoms with E-state index in [2.05, 4.69) is 15.8 Å². The van der Waals surface area contributed by atoms with Crippen molar-refractivity contribution in [2.45, 2.75) is 6.92 Å². The summed E-state index contributed by atoms with van der Waals surface area (Å²) in [6, 6.07) is 12.9. The zero-order valence-corrected chi connectivity index (χ0v) is 13.4. The summed E-state index contributed by atoms with van der Waals surface area (Å²) in [5.74, 6) is -0.923. The predicted octanol–water partition coefficient (Wildman–Crippen LogP) is 1.78. The number of carbonyl (C=O) groups is 2. The van der Waals surface area contributed by atoms with E-state index in [1.54, 1.807) is 30.3 Å². The molecule has 25 heavy (non-hydrogen) atoms. The third-order valence-corrected chi connectivity index (χ3v) is 3.25. The number of nitrogens with one attached hydrogen (secondary N) is 2. The van der Waals surface area contributed by atoms with E-state index in [9.17, 15) is 19.7 Å². The molecule has 2 amide bonds. The molecule has 2 aromatic carbocycles. The van der Waals surface area contributed by atoms with Gasteiger partial charge in [0.2, 0.25) is 0 Å². The first-order chi connectivity index (χ1) is 12.0. The van der Waals surface area contributed by atoms with Crippen molar-refractivity contribution in [1.82, 2.24) is 10.7 Å². The molecular formula is C17H16N4O4. The van der Waals surface area contributed by atoms with Gasteiger partial charge < -0.3 is 5.32 Å². The third kappa shape index (κ3) is 5.24. The first-order valence-corrected chi connectivity index (χ1v) is 7.37. The minimum atomic E-state index is -0.546. The van der Waals surface area contributed by atoms with Gasteiger partial charge in [-0.25, -0.2) is 5.43 Å². The fraction of sp³-hybridized carbons (Fsp3) is 0.118. The number of para-hydroxylation sites is 1. The average molecular weight is 340 g/mol. The number of aryl methyl sites for hydroxylation is 1. The molecule has 0 spiro atoms. The molecule has 0 saturated heterocycles. The fourth-order valence-corrected chi connectivity index (χ4v) is 1.94. The van der Waals surface area contributed by atoms with Crippen molar-refractivity contribution >= 4 is 23.7 Å². The van der Waals surface area contributed by atoms with Crippen LogP contribution in [0.15, 0.2) is 53.6 Å². The van der Waals surface area contributed by atoms with Gasteiger partial charge >= 0.3 is 0 Å². The van der Waals surface area contributed by atoms with Crippen molar-refractivity contribution in [1.29, 1.82) is 0 Å². The van der Waals surface area contributed by atoms with Crippen LogP contribution in [0.3, 0.4) is 0 Å². The van der Waals surface area contributed by atoms with Gasteiger partial charge in [0.05, 0.1) is 23.2 Å². The summed E-state index contributed by atoms with van der Waals surface area (Å²) in [6.45, 7) is 1.64. The highest BCUT2D eigenvalue weighted by molar-refractivity contribution is 5.96. The van der Waals surface area contributed by atoms with Crippen molar-refractivity contribution in [3.8, 4) is 0 Å². The van der Waals surface area contributed by atoms with E-state index >= 15 is 0 Å². The smallest absolute Gasteiger partial charge is 0.278 e. The van der Waals surface area contributed by atoms with Crippen LogP contribution >= 0.6 is 0 Å². The van der Waals surface area contributed by atoms with E-state index in [0.717, 1.165) is 5.56 Å². The summed E-state index contributed by atoms with van der Waals surface area (Å²) in [7, 11) is 0. The Balaban J connectivity index is 1.86. The van der Waals surface area contributed by atoms with Crippen LogP contribution in [0.2, 0.25) is 0 Å². The van der Waals surface area contributed by atoms with E-state index < -0.39 is 10.8 Å². The molecule has 0 bridgehead atoms. The van der Waals surface area contributed by atoms with Gasteiger partial charge in [0, 0.05) is 11.6 Å². The average Bonchev–Trinajstić information content (AvgIpc) is 2.60. The van der Waals surface area contributed by atoms with Gasteiger partial charge in [0.1, 0.15) is 0 Å². The Hall–Kier alpha value is -3.55. The molecule has 0 unspecified atom stereocenters. The molecule has 0 aromatic heterocycles. The Morgan fingerprint density at radius 3 is 2.52 bits per heavy atom. The SMILES string of the molecule is Cc1ccc(C(=O)NCC(=O)N/N=C\c2ccccc2[N+](=O)[O-])cc1. The minimum absolute atomic E-state index is 0.117. The summed E-state index contributed by atoms with van der Waals surface area (Å²) in [5, 5.41) is 17.0. The Kier molecular flexibility index (Phi) is 5.94. The van der Waals surface area contributed by atoms with Gasteiger partial charge in [-0.1, -0.05) is 29.8 Å². The molecule has 0 aliphatic carbocycles. The predicted molar refractivity (Wildman–Crippen MR) is 92.3 cm³/mol. The lowest BCUT2D eigenvalue weighted by atomic mass is 10.1. The van der Waals surface area contributed by atoms with Gasteiger partial charge in [0.15, 0.2) is 0 Å². The standard InChI is InChI=1S/C17H16N4O4/c1-12-6-8-13(9-7-12)17(23)18-11-16(22)20-19-10-14-4-2-3-5-15(14)21(24)25/h2-10H,11H2,1H3,(H,18,23)(H,20,22)/b19-10-. The van der Waals surface area contributed by atoms with E-state index in [1.807, 2.05) is 6.92 Å². The van der Waals surface area contributed by atoms with Crippen molar-refractivity contribution in [2.75, 3.05) is 6.54 Å². The lowest BCUT2D eigenvalue weighted by molar-refractivity contribution is -0.385. The molecule has 0 heterocycles. The molecule has 0 aliphatic rings. The molecule has 0 saturated carbocycles. The summed E-state index contributed by atoms with van der Waals surface area (Å²) in [4.78, 5) is 33.9. The van der Waals surface area contributed by atoms with Crippen LogP contribution in [0.1, 0.15) is 21.5 Å². The normalized spacial score (nSPS) is 10.4. The van der Waals surface area contributed by atoms with Crippen LogP contribution in [-0.2, 0) is 4.79 Å². The second-order valence-electron chi connectivity index (χ2n) is 5.16. The van der Waals surface area contributed by atoms with Gasteiger partial charge in [-0.2, -0.15) is 5.10 Å². The molecule has 2 N–H and O–H groups in total. The number of nitrogens with zero attached hydrogens (tertiary/aromatic N) is 2. The topological polar surface area (TPSA) is 114 Å². The molecule has 0 aliphatic heterocycles. The lowest BCUT2D eigenvalue weighted by Crippen LogP contribution is -2.34. The molecule has 128 valence electrons. The molecule has 0 radical (unpaired) electrons. The second-order valence-corrected chi connectivity index (χ2v) is 5.16. The number of hydrogen-bond donors (Lipinski definition) is 2. The monoisotopic (exact) mass is 340 g/mol. The molecule has 2 rings (SSSR count). The molecule has 2 aromatic rings. The molecular weight excluding hydrogens is 324 g/mol. The highest BCUT2D eigenvalue weighted by atomic mass is 16.6. The van der Waals surface area contributed by atoms with Crippen LogP contribution in [-0.4, -0.2) is 29.5 Å². The van der Waals surface area contributed by atoms with E-state index in [-0.39, 0.29) is 23.7 Å².